The molecule has 1 heterocycles. The lowest BCUT2D eigenvalue weighted by molar-refractivity contribution is -0.384. The quantitative estimate of drug-likeness (QED) is 0.577. The van der Waals surface area contributed by atoms with Gasteiger partial charge in [0.25, 0.3) is 5.69 Å². The zero-order valence-corrected chi connectivity index (χ0v) is 9.18. The monoisotopic (exact) mass is 235 g/mol. The molecule has 1 aliphatic rings. The van der Waals surface area contributed by atoms with Crippen LogP contribution in [0.15, 0.2) is 24.3 Å². The standard InChI is InChI=1S/C11H13N3O3/c15-11(13-9-6-12-7-9)5-8-2-1-3-10(4-8)14(16)17/h1-4,9,12H,5-7H2,(H,13,15). The molecule has 0 unspecified atom stereocenters. The Morgan fingerprint density at radius 1 is 1.53 bits per heavy atom. The molecule has 0 spiro atoms. The Morgan fingerprint density at radius 3 is 2.88 bits per heavy atom. The first-order valence-electron chi connectivity index (χ1n) is 5.38. The molecule has 1 aromatic rings. The molecule has 6 nitrogen and oxygen atoms in total. The molecular formula is C11H13N3O3. The summed E-state index contributed by atoms with van der Waals surface area (Å²) in [5.74, 6) is -0.100. The Kier molecular flexibility index (Phi) is 3.34. The second kappa shape index (κ2) is 4.92. The fraction of sp³-hybridized carbons (Fsp3) is 0.364. The van der Waals surface area contributed by atoms with E-state index >= 15 is 0 Å². The fourth-order valence-electron chi connectivity index (χ4n) is 1.63. The summed E-state index contributed by atoms with van der Waals surface area (Å²) in [4.78, 5) is 21.7. The van der Waals surface area contributed by atoms with Gasteiger partial charge in [-0.3, -0.25) is 14.9 Å². The summed E-state index contributed by atoms with van der Waals surface area (Å²) in [6.45, 7) is 1.58. The predicted molar refractivity (Wildman–Crippen MR) is 61.6 cm³/mol. The molecule has 2 rings (SSSR count). The number of nitro benzene ring substituents is 1. The Morgan fingerprint density at radius 2 is 2.29 bits per heavy atom. The van der Waals surface area contributed by atoms with Gasteiger partial charge < -0.3 is 10.6 Å². The van der Waals surface area contributed by atoms with E-state index in [9.17, 15) is 14.9 Å². The van der Waals surface area contributed by atoms with Crippen LogP contribution in [-0.4, -0.2) is 30.0 Å². The van der Waals surface area contributed by atoms with Gasteiger partial charge in [-0.1, -0.05) is 12.1 Å². The Balaban J connectivity index is 1.95. The van der Waals surface area contributed by atoms with Crippen molar-refractivity contribution in [3.05, 3.63) is 39.9 Å². The second-order valence-corrected chi connectivity index (χ2v) is 4.03. The van der Waals surface area contributed by atoms with Gasteiger partial charge in [0.2, 0.25) is 5.91 Å². The van der Waals surface area contributed by atoms with Gasteiger partial charge in [0.1, 0.15) is 0 Å². The van der Waals surface area contributed by atoms with Gasteiger partial charge >= 0.3 is 0 Å². The minimum atomic E-state index is -0.461. The lowest BCUT2D eigenvalue weighted by Gasteiger charge is -2.27. The van der Waals surface area contributed by atoms with Crippen LogP contribution in [0.5, 0.6) is 0 Å². The van der Waals surface area contributed by atoms with E-state index in [1.54, 1.807) is 12.1 Å². The normalized spacial score (nSPS) is 15.1. The van der Waals surface area contributed by atoms with Crippen LogP contribution >= 0.6 is 0 Å². The molecule has 17 heavy (non-hydrogen) atoms. The molecule has 1 aliphatic heterocycles. The molecule has 1 saturated heterocycles. The van der Waals surface area contributed by atoms with Crippen molar-refractivity contribution < 1.29 is 9.72 Å². The number of hydrogen-bond donors (Lipinski definition) is 2. The summed E-state index contributed by atoms with van der Waals surface area (Å²) >= 11 is 0. The van der Waals surface area contributed by atoms with Crippen molar-refractivity contribution in [1.82, 2.24) is 10.6 Å². The van der Waals surface area contributed by atoms with Crippen molar-refractivity contribution >= 4 is 11.6 Å². The third-order valence-corrected chi connectivity index (χ3v) is 2.63. The third-order valence-electron chi connectivity index (χ3n) is 2.63. The predicted octanol–water partition coefficient (Wildman–Crippen LogP) is 0.225. The number of carbonyl (C=O) groups is 1. The first-order valence-corrected chi connectivity index (χ1v) is 5.38. The number of nitrogens with zero attached hydrogens (tertiary/aromatic N) is 1. The Bertz CT molecular complexity index is 443. The summed E-state index contributed by atoms with van der Waals surface area (Å²) in [6.07, 6.45) is 0.179. The van der Waals surface area contributed by atoms with Crippen LogP contribution in [0.1, 0.15) is 5.56 Å². The minimum Gasteiger partial charge on any atom is -0.351 e. The van der Waals surface area contributed by atoms with Gasteiger partial charge in [0.05, 0.1) is 17.4 Å². The molecule has 0 bridgehead atoms. The highest BCUT2D eigenvalue weighted by Gasteiger charge is 2.18. The number of non-ortho nitro benzene ring substituents is 1. The van der Waals surface area contributed by atoms with Gasteiger partial charge in [-0.2, -0.15) is 0 Å². The Labute approximate surface area is 98.2 Å². The van der Waals surface area contributed by atoms with E-state index in [4.69, 9.17) is 0 Å². The average molecular weight is 235 g/mol. The number of hydrogen-bond acceptors (Lipinski definition) is 4. The summed E-state index contributed by atoms with van der Waals surface area (Å²) in [5, 5.41) is 16.5. The van der Waals surface area contributed by atoms with Crippen molar-refractivity contribution in [1.29, 1.82) is 0 Å². The molecule has 6 heteroatoms. The number of benzene rings is 1. The third kappa shape index (κ3) is 3.01. The highest BCUT2D eigenvalue weighted by molar-refractivity contribution is 5.79. The van der Waals surface area contributed by atoms with Crippen LogP contribution in [0, 0.1) is 10.1 Å². The van der Waals surface area contributed by atoms with Gasteiger partial charge in [0.15, 0.2) is 0 Å². The average Bonchev–Trinajstić information content (AvgIpc) is 2.24. The topological polar surface area (TPSA) is 84.3 Å². The molecule has 0 aromatic heterocycles. The lowest BCUT2D eigenvalue weighted by Crippen LogP contribution is -2.57. The molecule has 1 fully saturated rings. The zero-order valence-electron chi connectivity index (χ0n) is 9.18. The van der Waals surface area contributed by atoms with Crippen LogP contribution in [0.3, 0.4) is 0 Å². The van der Waals surface area contributed by atoms with Crippen LogP contribution in [0.2, 0.25) is 0 Å². The van der Waals surface area contributed by atoms with Crippen molar-refractivity contribution in [3.8, 4) is 0 Å². The van der Waals surface area contributed by atoms with Crippen molar-refractivity contribution in [2.75, 3.05) is 13.1 Å². The van der Waals surface area contributed by atoms with E-state index in [1.165, 1.54) is 12.1 Å². The zero-order chi connectivity index (χ0) is 12.3. The molecular weight excluding hydrogens is 222 g/mol. The number of carbonyl (C=O) groups excluding carboxylic acids is 1. The van der Waals surface area contributed by atoms with Crippen LogP contribution < -0.4 is 10.6 Å². The van der Waals surface area contributed by atoms with Gasteiger partial charge in [-0.25, -0.2) is 0 Å². The van der Waals surface area contributed by atoms with Crippen LogP contribution in [0.4, 0.5) is 5.69 Å². The number of nitro groups is 1. The smallest absolute Gasteiger partial charge is 0.269 e. The van der Waals surface area contributed by atoms with Gasteiger partial charge in [0, 0.05) is 25.2 Å². The number of amides is 1. The van der Waals surface area contributed by atoms with Crippen molar-refractivity contribution in [2.45, 2.75) is 12.5 Å². The number of nitrogens with one attached hydrogen (secondary N) is 2. The highest BCUT2D eigenvalue weighted by atomic mass is 16.6. The molecule has 0 saturated carbocycles. The first kappa shape index (κ1) is 11.5. The van der Waals surface area contributed by atoms with E-state index in [1.807, 2.05) is 0 Å². The molecule has 1 amide bonds. The second-order valence-electron chi connectivity index (χ2n) is 4.03. The summed E-state index contributed by atoms with van der Waals surface area (Å²) < 4.78 is 0. The van der Waals surface area contributed by atoms with Crippen molar-refractivity contribution in [3.63, 3.8) is 0 Å². The van der Waals surface area contributed by atoms with Gasteiger partial charge in [-0.05, 0) is 5.56 Å². The molecule has 90 valence electrons. The Hall–Kier alpha value is -1.95. The SMILES string of the molecule is O=C(Cc1cccc([N+](=O)[O-])c1)NC1CNC1. The first-order chi connectivity index (χ1) is 8.15. The molecule has 1 aromatic carbocycles. The van der Waals surface area contributed by atoms with E-state index in [-0.39, 0.29) is 24.1 Å². The molecule has 0 radical (unpaired) electrons. The maximum absolute atomic E-state index is 11.6. The highest BCUT2D eigenvalue weighted by Crippen LogP contribution is 2.13. The fourth-order valence-corrected chi connectivity index (χ4v) is 1.63. The minimum absolute atomic E-state index is 0.0145. The van der Waals surface area contributed by atoms with Gasteiger partial charge in [-0.15, -0.1) is 0 Å². The summed E-state index contributed by atoms with van der Waals surface area (Å²) in [7, 11) is 0. The van der Waals surface area contributed by atoms with E-state index < -0.39 is 4.92 Å². The number of rotatable bonds is 4. The van der Waals surface area contributed by atoms with E-state index in [0.717, 1.165) is 13.1 Å². The van der Waals surface area contributed by atoms with E-state index in [2.05, 4.69) is 10.6 Å². The van der Waals surface area contributed by atoms with Crippen molar-refractivity contribution in [2.24, 2.45) is 0 Å². The van der Waals surface area contributed by atoms with Crippen LogP contribution in [0.25, 0.3) is 0 Å². The molecule has 2 N–H and O–H groups in total. The maximum atomic E-state index is 11.6. The molecule has 0 atom stereocenters. The largest absolute Gasteiger partial charge is 0.351 e. The maximum Gasteiger partial charge on any atom is 0.269 e. The summed E-state index contributed by atoms with van der Waals surface area (Å²) in [5.41, 5.74) is 0.671. The molecule has 0 aliphatic carbocycles. The lowest BCUT2D eigenvalue weighted by atomic mass is 10.1. The van der Waals surface area contributed by atoms with Crippen LogP contribution in [-0.2, 0) is 11.2 Å². The van der Waals surface area contributed by atoms with E-state index in [0.29, 0.717) is 5.56 Å². The summed E-state index contributed by atoms with van der Waals surface area (Å²) in [6, 6.07) is 6.34.